The highest BCUT2D eigenvalue weighted by atomic mass is 79.9. The maximum atomic E-state index is 14.3. The van der Waals surface area contributed by atoms with E-state index in [2.05, 4.69) is 27.8 Å². The molecule has 1 aliphatic rings. The van der Waals surface area contributed by atoms with E-state index in [9.17, 15) is 8.78 Å². The van der Waals surface area contributed by atoms with E-state index in [-0.39, 0.29) is 28.5 Å². The smallest absolute Gasteiger partial charge is 0.172 e. The van der Waals surface area contributed by atoms with Crippen LogP contribution in [0.15, 0.2) is 40.9 Å². The highest BCUT2D eigenvalue weighted by molar-refractivity contribution is 9.10. The maximum absolute atomic E-state index is 14.3. The Labute approximate surface area is 154 Å². The highest BCUT2D eigenvalue weighted by Gasteiger charge is 2.18. The zero-order valence-electron chi connectivity index (χ0n) is 13.5. The van der Waals surface area contributed by atoms with Crippen LogP contribution in [0.5, 0.6) is 5.75 Å². The fourth-order valence-corrected chi connectivity index (χ4v) is 2.96. The standard InChI is InChI=1S/C20H17BrF2O2/c21-19-16(10-9-15-8-4-5-11-24-15)20(18(23)12-17(19)22)25-13-14-6-2-1-3-7-14/h1-3,6-7,12,15H,4-5,8,11,13H2. The summed E-state index contributed by atoms with van der Waals surface area (Å²) in [6.07, 6.45) is 2.66. The van der Waals surface area contributed by atoms with Crippen molar-refractivity contribution in [3.8, 4) is 17.6 Å². The van der Waals surface area contributed by atoms with Crippen molar-refractivity contribution < 1.29 is 18.3 Å². The summed E-state index contributed by atoms with van der Waals surface area (Å²) in [6.45, 7) is 0.833. The number of hydrogen-bond acceptors (Lipinski definition) is 2. The van der Waals surface area contributed by atoms with E-state index in [1.54, 1.807) is 0 Å². The van der Waals surface area contributed by atoms with E-state index >= 15 is 0 Å². The molecule has 1 aliphatic heterocycles. The Morgan fingerprint density at radius 2 is 1.96 bits per heavy atom. The lowest BCUT2D eigenvalue weighted by molar-refractivity contribution is 0.0525. The summed E-state index contributed by atoms with van der Waals surface area (Å²) in [5, 5.41) is 0. The van der Waals surface area contributed by atoms with Gasteiger partial charge in [0.15, 0.2) is 11.6 Å². The Morgan fingerprint density at radius 3 is 2.68 bits per heavy atom. The Hall–Kier alpha value is -1.90. The molecule has 0 aromatic heterocycles. The second-order valence-corrected chi connectivity index (χ2v) is 6.55. The molecule has 1 heterocycles. The van der Waals surface area contributed by atoms with Crippen LogP contribution in [-0.2, 0) is 11.3 Å². The molecule has 1 saturated heterocycles. The van der Waals surface area contributed by atoms with Gasteiger partial charge < -0.3 is 9.47 Å². The van der Waals surface area contributed by atoms with Gasteiger partial charge in [-0.3, -0.25) is 0 Å². The summed E-state index contributed by atoms with van der Waals surface area (Å²) in [6, 6.07) is 10.2. The molecule has 1 atom stereocenters. The molecule has 0 spiro atoms. The minimum absolute atomic E-state index is 0.0552. The van der Waals surface area contributed by atoms with Gasteiger partial charge in [-0.25, -0.2) is 8.78 Å². The quantitative estimate of drug-likeness (QED) is 0.513. The van der Waals surface area contributed by atoms with E-state index in [0.29, 0.717) is 6.61 Å². The van der Waals surface area contributed by atoms with Crippen molar-refractivity contribution in [2.24, 2.45) is 0 Å². The van der Waals surface area contributed by atoms with Gasteiger partial charge in [-0.05, 0) is 40.8 Å². The predicted octanol–water partition coefficient (Wildman–Crippen LogP) is 5.23. The van der Waals surface area contributed by atoms with Crippen molar-refractivity contribution in [3.05, 3.63) is 63.6 Å². The molecule has 0 radical (unpaired) electrons. The minimum atomic E-state index is -0.773. The minimum Gasteiger partial charge on any atom is -0.484 e. The second-order valence-electron chi connectivity index (χ2n) is 5.76. The van der Waals surface area contributed by atoms with Crippen LogP contribution < -0.4 is 4.74 Å². The number of halogens is 3. The average molecular weight is 407 g/mol. The molecule has 0 aliphatic carbocycles. The van der Waals surface area contributed by atoms with Crippen LogP contribution in [0.2, 0.25) is 0 Å². The lowest BCUT2D eigenvalue weighted by Gasteiger charge is -2.17. The average Bonchev–Trinajstić information content (AvgIpc) is 2.64. The topological polar surface area (TPSA) is 18.5 Å². The number of hydrogen-bond donors (Lipinski definition) is 0. The molecule has 0 saturated carbocycles. The first-order valence-electron chi connectivity index (χ1n) is 8.12. The first kappa shape index (κ1) is 17.9. The molecular formula is C20H17BrF2O2. The van der Waals surface area contributed by atoms with E-state index in [1.165, 1.54) is 0 Å². The zero-order chi connectivity index (χ0) is 17.6. The first-order chi connectivity index (χ1) is 12.1. The molecule has 2 nitrogen and oxygen atoms in total. The van der Waals surface area contributed by atoms with Gasteiger partial charge >= 0.3 is 0 Å². The van der Waals surface area contributed by atoms with Gasteiger partial charge in [0.2, 0.25) is 0 Å². The van der Waals surface area contributed by atoms with Crippen LogP contribution in [0, 0.1) is 23.5 Å². The molecule has 0 bridgehead atoms. The summed E-state index contributed by atoms with van der Waals surface area (Å²) in [5.41, 5.74) is 1.06. The van der Waals surface area contributed by atoms with Gasteiger partial charge in [0.1, 0.15) is 18.5 Å². The third-order valence-corrected chi connectivity index (χ3v) is 4.67. The van der Waals surface area contributed by atoms with E-state index in [1.807, 2.05) is 30.3 Å². The lowest BCUT2D eigenvalue weighted by Crippen LogP contribution is -2.16. The number of rotatable bonds is 3. The third kappa shape index (κ3) is 4.59. The third-order valence-electron chi connectivity index (χ3n) is 3.89. The van der Waals surface area contributed by atoms with Gasteiger partial charge in [0, 0.05) is 12.7 Å². The monoisotopic (exact) mass is 406 g/mol. The number of ether oxygens (including phenoxy) is 2. The molecule has 5 heteroatoms. The molecular weight excluding hydrogens is 390 g/mol. The first-order valence-corrected chi connectivity index (χ1v) is 8.92. The summed E-state index contributed by atoms with van der Waals surface area (Å²) < 4.78 is 39.4. The molecule has 1 fully saturated rings. The molecule has 3 rings (SSSR count). The molecule has 2 aromatic rings. The van der Waals surface area contributed by atoms with Gasteiger partial charge in [-0.1, -0.05) is 42.2 Å². The van der Waals surface area contributed by atoms with Crippen molar-refractivity contribution in [3.63, 3.8) is 0 Å². The van der Waals surface area contributed by atoms with Crippen LogP contribution in [0.3, 0.4) is 0 Å². The maximum Gasteiger partial charge on any atom is 0.172 e. The molecule has 25 heavy (non-hydrogen) atoms. The lowest BCUT2D eigenvalue weighted by atomic mass is 10.1. The Balaban J connectivity index is 1.88. The van der Waals surface area contributed by atoms with Gasteiger partial charge in [-0.15, -0.1) is 0 Å². The van der Waals surface area contributed by atoms with Crippen molar-refractivity contribution in [1.29, 1.82) is 0 Å². The molecule has 2 aromatic carbocycles. The second kappa shape index (κ2) is 8.46. The van der Waals surface area contributed by atoms with E-state index in [4.69, 9.17) is 9.47 Å². The van der Waals surface area contributed by atoms with Crippen LogP contribution >= 0.6 is 15.9 Å². The van der Waals surface area contributed by atoms with Crippen molar-refractivity contribution >= 4 is 15.9 Å². The number of benzene rings is 2. The summed E-state index contributed by atoms with van der Waals surface area (Å²) in [4.78, 5) is 0. The van der Waals surface area contributed by atoms with Gasteiger partial charge in [0.05, 0.1) is 10.0 Å². The molecule has 0 amide bonds. The molecule has 0 N–H and O–H groups in total. The van der Waals surface area contributed by atoms with Crippen LogP contribution in [0.25, 0.3) is 0 Å². The molecule has 130 valence electrons. The SMILES string of the molecule is Fc1cc(F)c(OCc2ccccc2)c(C#CC2CCCCO2)c1Br. The normalized spacial score (nSPS) is 16.8. The Morgan fingerprint density at radius 1 is 1.16 bits per heavy atom. The Kier molecular flexibility index (Phi) is 6.06. The van der Waals surface area contributed by atoms with Crippen LogP contribution in [0.1, 0.15) is 30.4 Å². The van der Waals surface area contributed by atoms with Crippen molar-refractivity contribution in [2.75, 3.05) is 6.61 Å². The largest absolute Gasteiger partial charge is 0.484 e. The van der Waals surface area contributed by atoms with E-state index in [0.717, 1.165) is 30.9 Å². The predicted molar refractivity (Wildman–Crippen MR) is 95.3 cm³/mol. The fraction of sp³-hybridized carbons (Fsp3) is 0.300. The van der Waals surface area contributed by atoms with Gasteiger partial charge in [-0.2, -0.15) is 0 Å². The van der Waals surface area contributed by atoms with Crippen LogP contribution in [-0.4, -0.2) is 12.7 Å². The van der Waals surface area contributed by atoms with E-state index < -0.39 is 11.6 Å². The highest BCUT2D eigenvalue weighted by Crippen LogP contribution is 2.32. The fourth-order valence-electron chi connectivity index (χ4n) is 2.57. The summed E-state index contributed by atoms with van der Waals surface area (Å²) >= 11 is 3.15. The van der Waals surface area contributed by atoms with Crippen LogP contribution in [0.4, 0.5) is 8.78 Å². The van der Waals surface area contributed by atoms with Crippen molar-refractivity contribution in [1.82, 2.24) is 0 Å². The summed E-state index contributed by atoms with van der Waals surface area (Å²) in [5.74, 6) is 4.26. The molecule has 1 unspecified atom stereocenters. The zero-order valence-corrected chi connectivity index (χ0v) is 15.1. The Bertz CT molecular complexity index is 791. The van der Waals surface area contributed by atoms with Crippen molar-refractivity contribution in [2.45, 2.75) is 32.0 Å². The van der Waals surface area contributed by atoms with Gasteiger partial charge in [0.25, 0.3) is 0 Å². The summed E-state index contributed by atoms with van der Waals surface area (Å²) in [7, 11) is 0.